The predicted molar refractivity (Wildman–Crippen MR) is 79.6 cm³/mol. The van der Waals surface area contributed by atoms with Crippen LogP contribution in [-0.4, -0.2) is 39.5 Å². The summed E-state index contributed by atoms with van der Waals surface area (Å²) in [4.78, 5) is 11.8. The highest BCUT2D eigenvalue weighted by atomic mass is 32.2. The van der Waals surface area contributed by atoms with Crippen molar-refractivity contribution < 1.29 is 17.6 Å². The number of amides is 1. The third-order valence-electron chi connectivity index (χ3n) is 2.57. The zero-order chi connectivity index (χ0) is 16.3. The molecule has 3 N–H and O–H groups in total. The van der Waals surface area contributed by atoms with Crippen LogP contribution in [0, 0.1) is 0 Å². The number of sulfonamides is 1. The van der Waals surface area contributed by atoms with E-state index in [-0.39, 0.29) is 16.9 Å². The highest BCUT2D eigenvalue weighted by Crippen LogP contribution is 2.16. The van der Waals surface area contributed by atoms with Crippen LogP contribution in [0.25, 0.3) is 0 Å². The van der Waals surface area contributed by atoms with Gasteiger partial charge in [-0.25, -0.2) is 13.1 Å². The van der Waals surface area contributed by atoms with Gasteiger partial charge in [0.15, 0.2) is 5.76 Å². The van der Waals surface area contributed by atoms with Gasteiger partial charge in [-0.3, -0.25) is 4.79 Å². The van der Waals surface area contributed by atoms with E-state index in [1.165, 1.54) is 12.1 Å². The molecule has 0 bridgehead atoms. The molecule has 0 saturated heterocycles. The minimum Gasteiger partial charge on any atom is -0.438 e. The molecule has 0 aliphatic rings. The van der Waals surface area contributed by atoms with E-state index in [2.05, 4.69) is 15.4 Å². The summed E-state index contributed by atoms with van der Waals surface area (Å²) in [6, 6.07) is 2.72. The molecule has 1 aromatic rings. The van der Waals surface area contributed by atoms with Crippen LogP contribution in [0.1, 0.15) is 38.2 Å². The number of carbonyl (C=O) groups is 1. The Balaban J connectivity index is 2.79. The normalized spacial score (nSPS) is 14.0. The summed E-state index contributed by atoms with van der Waals surface area (Å²) < 4.78 is 31.7. The molecule has 0 fully saturated rings. The Bertz CT molecular complexity index is 587. The van der Waals surface area contributed by atoms with Crippen LogP contribution in [0.5, 0.6) is 0 Å². The maximum absolute atomic E-state index is 12.0. The van der Waals surface area contributed by atoms with E-state index >= 15 is 0 Å². The molecular formula is C13H23N3O4S. The zero-order valence-corrected chi connectivity index (χ0v) is 13.8. The van der Waals surface area contributed by atoms with Crippen molar-refractivity contribution in [3.05, 3.63) is 17.9 Å². The first-order valence-electron chi connectivity index (χ1n) is 6.64. The Morgan fingerprint density at radius 1 is 1.33 bits per heavy atom. The van der Waals surface area contributed by atoms with Crippen LogP contribution in [0.3, 0.4) is 0 Å². The topological polar surface area (TPSA) is 100 Å². The standard InChI is InChI=1S/C13H23N3O4S/c1-9(14-5)8-15-12(17)10-6-7-11(20-10)21(18,19)16-13(2,3)4/h6-7,9,14,16H,8H2,1-5H3,(H,15,17). The van der Waals surface area contributed by atoms with Crippen LogP contribution in [-0.2, 0) is 10.0 Å². The SMILES string of the molecule is CNC(C)CNC(=O)c1ccc(S(=O)(=O)NC(C)(C)C)o1. The van der Waals surface area contributed by atoms with E-state index < -0.39 is 21.5 Å². The van der Waals surface area contributed by atoms with Gasteiger partial charge in [-0.2, -0.15) is 0 Å². The van der Waals surface area contributed by atoms with Crippen LogP contribution in [0.2, 0.25) is 0 Å². The molecule has 0 spiro atoms. The summed E-state index contributed by atoms with van der Waals surface area (Å²) in [6.45, 7) is 7.49. The van der Waals surface area contributed by atoms with Gasteiger partial charge in [-0.05, 0) is 46.9 Å². The second kappa shape index (κ2) is 6.59. The van der Waals surface area contributed by atoms with E-state index in [0.717, 1.165) is 0 Å². The summed E-state index contributed by atoms with van der Waals surface area (Å²) in [5.74, 6) is -0.484. The molecule has 1 atom stereocenters. The molecule has 0 radical (unpaired) electrons. The molecule has 1 rings (SSSR count). The van der Waals surface area contributed by atoms with Gasteiger partial charge in [-0.1, -0.05) is 0 Å². The lowest BCUT2D eigenvalue weighted by molar-refractivity contribution is 0.0917. The third-order valence-corrected chi connectivity index (χ3v) is 4.20. The van der Waals surface area contributed by atoms with Crippen molar-refractivity contribution in [1.82, 2.24) is 15.4 Å². The quantitative estimate of drug-likeness (QED) is 0.717. The van der Waals surface area contributed by atoms with E-state index in [4.69, 9.17) is 4.42 Å². The van der Waals surface area contributed by atoms with E-state index in [1.807, 2.05) is 6.92 Å². The molecule has 7 nitrogen and oxygen atoms in total. The number of nitrogens with one attached hydrogen (secondary N) is 3. The molecule has 1 amide bonds. The first kappa shape index (κ1) is 17.7. The fourth-order valence-electron chi connectivity index (χ4n) is 1.47. The van der Waals surface area contributed by atoms with Crippen molar-refractivity contribution in [2.45, 2.75) is 44.4 Å². The highest BCUT2D eigenvalue weighted by molar-refractivity contribution is 7.89. The van der Waals surface area contributed by atoms with Gasteiger partial charge in [0.05, 0.1) is 0 Å². The Kier molecular flexibility index (Phi) is 5.54. The minimum absolute atomic E-state index is 0.0346. The molecule has 120 valence electrons. The Labute approximate surface area is 125 Å². The number of rotatable bonds is 6. The maximum atomic E-state index is 12.0. The molecule has 0 aromatic carbocycles. The molecule has 1 heterocycles. The van der Waals surface area contributed by atoms with Crippen LogP contribution in [0.15, 0.2) is 21.6 Å². The second-order valence-electron chi connectivity index (χ2n) is 5.87. The van der Waals surface area contributed by atoms with Crippen LogP contribution in [0.4, 0.5) is 0 Å². The number of carbonyl (C=O) groups excluding carboxylic acids is 1. The molecule has 0 saturated carbocycles. The first-order valence-corrected chi connectivity index (χ1v) is 8.13. The van der Waals surface area contributed by atoms with Crippen LogP contribution >= 0.6 is 0 Å². The Hall–Kier alpha value is -1.38. The van der Waals surface area contributed by atoms with Gasteiger partial charge in [0.1, 0.15) is 0 Å². The predicted octanol–water partition coefficient (Wildman–Crippen LogP) is 0.694. The second-order valence-corrected chi connectivity index (χ2v) is 7.49. The van der Waals surface area contributed by atoms with E-state index in [0.29, 0.717) is 6.54 Å². The number of hydrogen-bond acceptors (Lipinski definition) is 5. The first-order chi connectivity index (χ1) is 9.55. The molecule has 0 aliphatic carbocycles. The fourth-order valence-corrected chi connectivity index (χ4v) is 2.83. The highest BCUT2D eigenvalue weighted by Gasteiger charge is 2.26. The lowest BCUT2D eigenvalue weighted by Gasteiger charge is -2.19. The maximum Gasteiger partial charge on any atom is 0.287 e. The lowest BCUT2D eigenvalue weighted by Crippen LogP contribution is -2.40. The summed E-state index contributed by atoms with van der Waals surface area (Å²) in [7, 11) is -1.99. The fraction of sp³-hybridized carbons (Fsp3) is 0.615. The molecule has 21 heavy (non-hydrogen) atoms. The third kappa shape index (κ3) is 5.49. The minimum atomic E-state index is -3.78. The van der Waals surface area contributed by atoms with Crippen molar-refractivity contribution in [1.29, 1.82) is 0 Å². The van der Waals surface area contributed by atoms with Gasteiger partial charge in [0.25, 0.3) is 15.9 Å². The average molecular weight is 317 g/mol. The van der Waals surface area contributed by atoms with Gasteiger partial charge in [0, 0.05) is 18.1 Å². The summed E-state index contributed by atoms with van der Waals surface area (Å²) in [5.41, 5.74) is -0.629. The number of likely N-dealkylation sites (N-methyl/N-ethyl adjacent to an activating group) is 1. The molecule has 1 unspecified atom stereocenters. The molecule has 0 aliphatic heterocycles. The van der Waals surface area contributed by atoms with Crippen LogP contribution < -0.4 is 15.4 Å². The van der Waals surface area contributed by atoms with Crippen molar-refractivity contribution >= 4 is 15.9 Å². The lowest BCUT2D eigenvalue weighted by atomic mass is 10.1. The largest absolute Gasteiger partial charge is 0.438 e. The Morgan fingerprint density at radius 3 is 2.48 bits per heavy atom. The summed E-state index contributed by atoms with van der Waals surface area (Å²) >= 11 is 0. The zero-order valence-electron chi connectivity index (χ0n) is 13.0. The summed E-state index contributed by atoms with van der Waals surface area (Å²) in [5, 5.41) is 5.35. The van der Waals surface area contributed by atoms with Crippen molar-refractivity contribution in [3.8, 4) is 0 Å². The van der Waals surface area contributed by atoms with Gasteiger partial charge < -0.3 is 15.1 Å². The molecular weight excluding hydrogens is 294 g/mol. The van der Waals surface area contributed by atoms with Gasteiger partial charge >= 0.3 is 0 Å². The van der Waals surface area contributed by atoms with Crippen molar-refractivity contribution in [2.75, 3.05) is 13.6 Å². The van der Waals surface area contributed by atoms with Crippen molar-refractivity contribution in [2.24, 2.45) is 0 Å². The average Bonchev–Trinajstić information content (AvgIpc) is 2.82. The van der Waals surface area contributed by atoms with Gasteiger partial charge in [0.2, 0.25) is 5.09 Å². The van der Waals surface area contributed by atoms with E-state index in [1.54, 1.807) is 27.8 Å². The molecule has 8 heteroatoms. The van der Waals surface area contributed by atoms with Crippen molar-refractivity contribution in [3.63, 3.8) is 0 Å². The number of furan rings is 1. The Morgan fingerprint density at radius 2 is 1.95 bits per heavy atom. The molecule has 1 aromatic heterocycles. The monoisotopic (exact) mass is 317 g/mol. The van der Waals surface area contributed by atoms with Gasteiger partial charge in [-0.15, -0.1) is 0 Å². The number of hydrogen-bond donors (Lipinski definition) is 3. The van der Waals surface area contributed by atoms with E-state index in [9.17, 15) is 13.2 Å². The smallest absolute Gasteiger partial charge is 0.287 e. The summed E-state index contributed by atoms with van der Waals surface area (Å²) in [6.07, 6.45) is 0.